The van der Waals surface area contributed by atoms with Crippen LogP contribution in [-0.4, -0.2) is 72.5 Å². The maximum Gasteiger partial charge on any atom is 0.293 e. The summed E-state index contributed by atoms with van der Waals surface area (Å²) < 4.78 is 7.41. The van der Waals surface area contributed by atoms with E-state index in [1.807, 2.05) is 13.8 Å². The maximum atomic E-state index is 12.7. The summed E-state index contributed by atoms with van der Waals surface area (Å²) in [4.78, 5) is 24.9. The molecule has 4 rings (SSSR count). The number of thiophene rings is 1. The fraction of sp³-hybridized carbons (Fsp3) is 0.529. The Bertz CT molecular complexity index is 1010. The van der Waals surface area contributed by atoms with Gasteiger partial charge >= 0.3 is 0 Å². The van der Waals surface area contributed by atoms with Crippen LogP contribution in [0.4, 0.5) is 0 Å². The standard InChI is InChI=1S/C17H21N5O4S/c1-17(2)7-10-11(8-26-17)27-15-12(10)14-19-13(20-22(14)9-18-15)16(25)21(3-5-23)4-6-24/h9,23-24H,3-8H2,1-2H3. The summed E-state index contributed by atoms with van der Waals surface area (Å²) >= 11 is 1.58. The number of amides is 1. The molecule has 9 nitrogen and oxygen atoms in total. The Hall–Kier alpha value is -2.14. The molecule has 10 heteroatoms. The average molecular weight is 391 g/mol. The van der Waals surface area contributed by atoms with Crippen LogP contribution in [0.3, 0.4) is 0 Å². The van der Waals surface area contributed by atoms with Crippen LogP contribution in [0.15, 0.2) is 6.33 Å². The Balaban J connectivity index is 1.82. The topological polar surface area (TPSA) is 113 Å². The normalized spacial score (nSPS) is 16.0. The third-order valence-electron chi connectivity index (χ3n) is 4.63. The number of carbonyl (C=O) groups is 1. The van der Waals surface area contributed by atoms with Crippen molar-refractivity contribution in [1.82, 2.24) is 24.5 Å². The Morgan fingerprint density at radius 1 is 1.37 bits per heavy atom. The fourth-order valence-corrected chi connectivity index (χ4v) is 4.40. The van der Waals surface area contributed by atoms with Crippen LogP contribution in [0.25, 0.3) is 15.9 Å². The number of fused-ring (bicyclic) bond motifs is 5. The molecule has 0 saturated carbocycles. The number of carbonyl (C=O) groups excluding carboxylic acids is 1. The van der Waals surface area contributed by atoms with Crippen molar-refractivity contribution in [2.24, 2.45) is 0 Å². The molecule has 0 aromatic carbocycles. The molecule has 0 bridgehead atoms. The molecule has 1 amide bonds. The maximum absolute atomic E-state index is 12.7. The third-order valence-corrected chi connectivity index (χ3v) is 5.74. The highest BCUT2D eigenvalue weighted by Crippen LogP contribution is 2.39. The summed E-state index contributed by atoms with van der Waals surface area (Å²) in [5.41, 5.74) is 1.47. The van der Waals surface area contributed by atoms with Crippen molar-refractivity contribution in [3.05, 3.63) is 22.6 Å². The van der Waals surface area contributed by atoms with Gasteiger partial charge in [-0.25, -0.2) is 14.5 Å². The first-order chi connectivity index (χ1) is 12.9. The van der Waals surface area contributed by atoms with E-state index in [1.54, 1.807) is 17.7 Å². The number of rotatable bonds is 5. The van der Waals surface area contributed by atoms with E-state index in [0.29, 0.717) is 12.3 Å². The van der Waals surface area contributed by atoms with Gasteiger partial charge in [-0.05, 0) is 19.4 Å². The minimum Gasteiger partial charge on any atom is -0.395 e. The smallest absolute Gasteiger partial charge is 0.293 e. The lowest BCUT2D eigenvalue weighted by Crippen LogP contribution is -2.36. The molecule has 3 aromatic rings. The zero-order valence-corrected chi connectivity index (χ0v) is 16.0. The van der Waals surface area contributed by atoms with Gasteiger partial charge in [0.2, 0.25) is 5.82 Å². The van der Waals surface area contributed by atoms with Crippen LogP contribution in [0.5, 0.6) is 0 Å². The van der Waals surface area contributed by atoms with E-state index in [1.165, 1.54) is 9.42 Å². The zero-order chi connectivity index (χ0) is 19.2. The molecular weight excluding hydrogens is 370 g/mol. The molecule has 27 heavy (non-hydrogen) atoms. The molecule has 0 radical (unpaired) electrons. The van der Waals surface area contributed by atoms with Gasteiger partial charge in [0.15, 0.2) is 5.65 Å². The largest absolute Gasteiger partial charge is 0.395 e. The molecule has 0 fully saturated rings. The number of hydrogen-bond donors (Lipinski definition) is 2. The van der Waals surface area contributed by atoms with Crippen molar-refractivity contribution in [3.8, 4) is 0 Å². The van der Waals surface area contributed by atoms with E-state index < -0.39 is 5.91 Å². The van der Waals surface area contributed by atoms with Crippen LogP contribution in [0, 0.1) is 0 Å². The summed E-state index contributed by atoms with van der Waals surface area (Å²) in [7, 11) is 0. The molecule has 2 N–H and O–H groups in total. The SMILES string of the molecule is CC1(C)Cc2c(sc3ncn4nc(C(=O)N(CCO)CCO)nc4c23)CO1. The number of ether oxygens (including phenoxy) is 1. The molecule has 0 atom stereocenters. The molecular formula is C17H21N5O4S. The molecule has 0 aliphatic carbocycles. The van der Waals surface area contributed by atoms with Gasteiger partial charge in [0.1, 0.15) is 11.2 Å². The highest BCUT2D eigenvalue weighted by Gasteiger charge is 2.31. The minimum absolute atomic E-state index is 0.0254. The minimum atomic E-state index is -0.428. The molecule has 4 heterocycles. The van der Waals surface area contributed by atoms with Gasteiger partial charge in [-0.2, -0.15) is 0 Å². The molecule has 0 unspecified atom stereocenters. The van der Waals surface area contributed by atoms with E-state index in [2.05, 4.69) is 15.1 Å². The second-order valence-electron chi connectivity index (χ2n) is 7.10. The third kappa shape index (κ3) is 3.18. The van der Waals surface area contributed by atoms with Crippen LogP contribution < -0.4 is 0 Å². The van der Waals surface area contributed by atoms with Crippen LogP contribution in [0.1, 0.15) is 34.9 Å². The predicted molar refractivity (Wildman–Crippen MR) is 98.8 cm³/mol. The van der Waals surface area contributed by atoms with Crippen LogP contribution >= 0.6 is 11.3 Å². The van der Waals surface area contributed by atoms with Crippen molar-refractivity contribution in [1.29, 1.82) is 0 Å². The second-order valence-corrected chi connectivity index (χ2v) is 8.18. The number of hydrogen-bond acceptors (Lipinski definition) is 8. The van der Waals surface area contributed by atoms with Crippen LogP contribution in [0.2, 0.25) is 0 Å². The highest BCUT2D eigenvalue weighted by atomic mass is 32.1. The summed E-state index contributed by atoms with van der Waals surface area (Å²) in [6, 6.07) is 0. The summed E-state index contributed by atoms with van der Waals surface area (Å²) in [5.74, 6) is -0.403. The quantitative estimate of drug-likeness (QED) is 0.655. The Morgan fingerprint density at radius 2 is 2.11 bits per heavy atom. The molecule has 0 saturated heterocycles. The lowest BCUT2D eigenvalue weighted by molar-refractivity contribution is -0.0379. The Kier molecular flexibility index (Phi) is 4.58. The lowest BCUT2D eigenvalue weighted by atomic mass is 9.94. The van der Waals surface area contributed by atoms with Crippen molar-refractivity contribution >= 4 is 33.1 Å². The van der Waals surface area contributed by atoms with Crippen molar-refractivity contribution in [2.45, 2.75) is 32.5 Å². The monoisotopic (exact) mass is 391 g/mol. The van der Waals surface area contributed by atoms with Crippen molar-refractivity contribution < 1.29 is 19.7 Å². The first kappa shape index (κ1) is 18.2. The van der Waals surface area contributed by atoms with E-state index >= 15 is 0 Å². The van der Waals surface area contributed by atoms with Crippen molar-refractivity contribution in [3.63, 3.8) is 0 Å². The summed E-state index contributed by atoms with van der Waals surface area (Å²) in [6.45, 7) is 4.47. The molecule has 3 aromatic heterocycles. The number of nitrogens with zero attached hydrogens (tertiary/aromatic N) is 5. The lowest BCUT2D eigenvalue weighted by Gasteiger charge is -2.30. The van der Waals surface area contributed by atoms with Gasteiger partial charge in [-0.15, -0.1) is 16.4 Å². The van der Waals surface area contributed by atoms with Crippen molar-refractivity contribution in [2.75, 3.05) is 26.3 Å². The summed E-state index contributed by atoms with van der Waals surface area (Å²) in [6.07, 6.45) is 2.29. The number of aliphatic hydroxyl groups excluding tert-OH is 2. The van der Waals surface area contributed by atoms with Crippen LogP contribution in [-0.2, 0) is 17.8 Å². The average Bonchev–Trinajstić information content (AvgIpc) is 3.20. The molecule has 144 valence electrons. The zero-order valence-electron chi connectivity index (χ0n) is 15.2. The molecule has 1 aliphatic heterocycles. The number of aromatic nitrogens is 4. The van der Waals surface area contributed by atoms with E-state index in [9.17, 15) is 4.79 Å². The molecule has 0 spiro atoms. The van der Waals surface area contributed by atoms with E-state index in [0.717, 1.165) is 27.1 Å². The summed E-state index contributed by atoms with van der Waals surface area (Å²) in [5, 5.41) is 23.5. The van der Waals surface area contributed by atoms with E-state index in [-0.39, 0.29) is 37.7 Å². The van der Waals surface area contributed by atoms with Gasteiger partial charge in [-0.1, -0.05) is 0 Å². The van der Waals surface area contributed by atoms with E-state index in [4.69, 9.17) is 14.9 Å². The fourth-order valence-electron chi connectivity index (χ4n) is 3.33. The molecule has 1 aliphatic rings. The Labute approximate surface area is 159 Å². The number of aliphatic hydroxyl groups is 2. The second kappa shape index (κ2) is 6.79. The first-order valence-electron chi connectivity index (χ1n) is 8.74. The van der Waals surface area contributed by atoms with Gasteiger partial charge in [0, 0.05) is 24.4 Å². The highest BCUT2D eigenvalue weighted by molar-refractivity contribution is 7.19. The van der Waals surface area contributed by atoms with Gasteiger partial charge in [0.05, 0.1) is 30.8 Å². The van der Waals surface area contributed by atoms with Gasteiger partial charge in [0.25, 0.3) is 5.91 Å². The van der Waals surface area contributed by atoms with Gasteiger partial charge in [-0.3, -0.25) is 4.79 Å². The predicted octanol–water partition coefficient (Wildman–Crippen LogP) is 0.617. The first-order valence-corrected chi connectivity index (χ1v) is 9.56. The van der Waals surface area contributed by atoms with Gasteiger partial charge < -0.3 is 19.8 Å². The Morgan fingerprint density at radius 3 is 2.81 bits per heavy atom.